The summed E-state index contributed by atoms with van der Waals surface area (Å²) in [6, 6.07) is 1.72. The zero-order valence-corrected chi connectivity index (χ0v) is 7.60. The van der Waals surface area contributed by atoms with Crippen LogP contribution in [-0.4, -0.2) is 29.9 Å². The average Bonchev–Trinajstić information content (AvgIpc) is 2.09. The van der Waals surface area contributed by atoms with Crippen LogP contribution in [0.5, 0.6) is 0 Å². The summed E-state index contributed by atoms with van der Waals surface area (Å²) in [6.45, 7) is 0.314. The van der Waals surface area contributed by atoms with Crippen molar-refractivity contribution in [1.82, 2.24) is 4.98 Å². The first-order valence-electron chi connectivity index (χ1n) is 4.09. The summed E-state index contributed by atoms with van der Waals surface area (Å²) >= 11 is 0. The predicted octanol–water partition coefficient (Wildman–Crippen LogP) is 0.214. The lowest BCUT2D eigenvalue weighted by molar-refractivity contribution is 0.0651. The molecule has 1 atom stereocenters. The van der Waals surface area contributed by atoms with Gasteiger partial charge in [-0.1, -0.05) is 0 Å². The van der Waals surface area contributed by atoms with Gasteiger partial charge < -0.3 is 15.6 Å². The van der Waals surface area contributed by atoms with Crippen LogP contribution in [0.3, 0.4) is 0 Å². The van der Waals surface area contributed by atoms with Gasteiger partial charge in [-0.3, -0.25) is 4.98 Å². The molecule has 0 aliphatic heterocycles. The van der Waals surface area contributed by atoms with Gasteiger partial charge in [0.05, 0.1) is 12.7 Å². The van der Waals surface area contributed by atoms with Crippen LogP contribution in [0.15, 0.2) is 18.5 Å². The van der Waals surface area contributed by atoms with Gasteiger partial charge in [0.2, 0.25) is 0 Å². The molecular weight excluding hydrogens is 168 g/mol. The largest absolute Gasteiger partial charge is 0.398 e. The van der Waals surface area contributed by atoms with E-state index in [-0.39, 0.29) is 0 Å². The van der Waals surface area contributed by atoms with Gasteiger partial charge in [0.25, 0.3) is 0 Å². The summed E-state index contributed by atoms with van der Waals surface area (Å²) < 4.78 is 4.80. The molecule has 1 unspecified atom stereocenters. The Morgan fingerprint density at radius 2 is 2.46 bits per heavy atom. The van der Waals surface area contributed by atoms with Crippen LogP contribution in [0.4, 0.5) is 5.69 Å². The molecule has 0 aromatic carbocycles. The molecule has 13 heavy (non-hydrogen) atoms. The number of aromatic nitrogens is 1. The first-order chi connectivity index (χ1) is 6.24. The fraction of sp³-hybridized carbons (Fsp3) is 0.444. The number of nitrogen functional groups attached to an aromatic ring is 1. The van der Waals surface area contributed by atoms with Crippen molar-refractivity contribution >= 4 is 5.69 Å². The van der Waals surface area contributed by atoms with Crippen LogP contribution >= 0.6 is 0 Å². The SMILES string of the molecule is COCC(O)Cc1cnccc1N. The summed E-state index contributed by atoms with van der Waals surface area (Å²) in [6.07, 6.45) is 3.25. The number of aliphatic hydroxyl groups excluding tert-OH is 1. The van der Waals surface area contributed by atoms with E-state index in [1.807, 2.05) is 0 Å². The summed E-state index contributed by atoms with van der Waals surface area (Å²) in [5.41, 5.74) is 7.18. The van der Waals surface area contributed by atoms with Crippen molar-refractivity contribution in [3.8, 4) is 0 Å². The monoisotopic (exact) mass is 182 g/mol. The molecule has 0 fully saturated rings. The third-order valence-corrected chi connectivity index (χ3v) is 1.76. The van der Waals surface area contributed by atoms with Gasteiger partial charge in [0, 0.05) is 31.6 Å². The first-order valence-corrected chi connectivity index (χ1v) is 4.09. The summed E-state index contributed by atoms with van der Waals surface area (Å²) in [5, 5.41) is 9.42. The molecular formula is C9H14N2O2. The fourth-order valence-corrected chi connectivity index (χ4v) is 1.11. The number of hydrogen-bond acceptors (Lipinski definition) is 4. The number of methoxy groups -OCH3 is 1. The third-order valence-electron chi connectivity index (χ3n) is 1.76. The van der Waals surface area contributed by atoms with E-state index in [1.54, 1.807) is 25.6 Å². The van der Waals surface area contributed by atoms with Gasteiger partial charge >= 0.3 is 0 Å². The number of ether oxygens (including phenoxy) is 1. The molecule has 1 aromatic rings. The molecule has 0 aliphatic carbocycles. The predicted molar refractivity (Wildman–Crippen MR) is 50.2 cm³/mol. The highest BCUT2D eigenvalue weighted by Crippen LogP contribution is 2.11. The summed E-state index contributed by atoms with van der Waals surface area (Å²) in [4.78, 5) is 3.93. The molecule has 4 nitrogen and oxygen atoms in total. The number of pyridine rings is 1. The maximum Gasteiger partial charge on any atom is 0.0815 e. The molecule has 4 heteroatoms. The van der Waals surface area contributed by atoms with E-state index >= 15 is 0 Å². The van der Waals surface area contributed by atoms with Crippen LogP contribution < -0.4 is 5.73 Å². The van der Waals surface area contributed by atoms with Crippen molar-refractivity contribution < 1.29 is 9.84 Å². The topological polar surface area (TPSA) is 68.4 Å². The van der Waals surface area contributed by atoms with Gasteiger partial charge in [-0.2, -0.15) is 0 Å². The Bertz CT molecular complexity index is 266. The third kappa shape index (κ3) is 3.01. The Morgan fingerprint density at radius 1 is 1.69 bits per heavy atom. The van der Waals surface area contributed by atoms with Crippen LogP contribution in [0.25, 0.3) is 0 Å². The Labute approximate surface area is 77.4 Å². The molecule has 3 N–H and O–H groups in total. The molecule has 0 bridgehead atoms. The lowest BCUT2D eigenvalue weighted by atomic mass is 10.1. The van der Waals surface area contributed by atoms with E-state index in [4.69, 9.17) is 10.5 Å². The molecule has 72 valence electrons. The lowest BCUT2D eigenvalue weighted by Crippen LogP contribution is -2.17. The number of rotatable bonds is 4. The lowest BCUT2D eigenvalue weighted by Gasteiger charge is -2.10. The van der Waals surface area contributed by atoms with Gasteiger partial charge in [0.15, 0.2) is 0 Å². The van der Waals surface area contributed by atoms with Gasteiger partial charge in [-0.15, -0.1) is 0 Å². The van der Waals surface area contributed by atoms with Crippen molar-refractivity contribution in [2.24, 2.45) is 0 Å². The second kappa shape index (κ2) is 4.79. The number of hydrogen-bond donors (Lipinski definition) is 2. The van der Waals surface area contributed by atoms with Crippen molar-refractivity contribution in [1.29, 1.82) is 0 Å². The second-order valence-electron chi connectivity index (χ2n) is 2.89. The van der Waals surface area contributed by atoms with Crippen LogP contribution in [0, 0.1) is 0 Å². The van der Waals surface area contributed by atoms with Gasteiger partial charge in [0.1, 0.15) is 0 Å². The van der Waals surface area contributed by atoms with E-state index in [1.165, 1.54) is 0 Å². The number of aliphatic hydroxyl groups is 1. The van der Waals surface area contributed by atoms with Gasteiger partial charge in [-0.05, 0) is 11.6 Å². The number of anilines is 1. The van der Waals surface area contributed by atoms with E-state index < -0.39 is 6.10 Å². The number of nitrogens with two attached hydrogens (primary N) is 1. The van der Waals surface area contributed by atoms with Crippen molar-refractivity contribution in [2.45, 2.75) is 12.5 Å². The zero-order chi connectivity index (χ0) is 9.68. The Kier molecular flexibility index (Phi) is 3.67. The molecule has 1 heterocycles. The molecule has 0 amide bonds. The van der Waals surface area contributed by atoms with Gasteiger partial charge in [-0.25, -0.2) is 0 Å². The smallest absolute Gasteiger partial charge is 0.0815 e. The first kappa shape index (κ1) is 9.95. The highest BCUT2D eigenvalue weighted by atomic mass is 16.5. The Morgan fingerprint density at radius 3 is 3.08 bits per heavy atom. The minimum Gasteiger partial charge on any atom is -0.398 e. The highest BCUT2D eigenvalue weighted by Gasteiger charge is 2.07. The average molecular weight is 182 g/mol. The minimum atomic E-state index is -0.517. The molecule has 1 rings (SSSR count). The fourth-order valence-electron chi connectivity index (χ4n) is 1.11. The maximum absolute atomic E-state index is 9.42. The van der Waals surface area contributed by atoms with Crippen molar-refractivity contribution in [2.75, 3.05) is 19.5 Å². The zero-order valence-electron chi connectivity index (χ0n) is 7.60. The van der Waals surface area contributed by atoms with Crippen LogP contribution in [0.1, 0.15) is 5.56 Å². The van der Waals surface area contributed by atoms with E-state index in [0.29, 0.717) is 18.7 Å². The van der Waals surface area contributed by atoms with E-state index in [2.05, 4.69) is 4.98 Å². The van der Waals surface area contributed by atoms with Crippen molar-refractivity contribution in [3.63, 3.8) is 0 Å². The molecule has 0 radical (unpaired) electrons. The summed E-state index contributed by atoms with van der Waals surface area (Å²) in [5.74, 6) is 0. The van der Waals surface area contributed by atoms with Crippen LogP contribution in [-0.2, 0) is 11.2 Å². The number of nitrogens with zero attached hydrogens (tertiary/aromatic N) is 1. The molecule has 0 saturated heterocycles. The van der Waals surface area contributed by atoms with E-state index in [9.17, 15) is 5.11 Å². The van der Waals surface area contributed by atoms with Crippen LogP contribution in [0.2, 0.25) is 0 Å². The maximum atomic E-state index is 9.42. The van der Waals surface area contributed by atoms with E-state index in [0.717, 1.165) is 5.56 Å². The Balaban J connectivity index is 2.58. The second-order valence-corrected chi connectivity index (χ2v) is 2.89. The molecule has 1 aromatic heterocycles. The van der Waals surface area contributed by atoms with Crippen molar-refractivity contribution in [3.05, 3.63) is 24.0 Å². The molecule has 0 aliphatic rings. The molecule has 0 saturated carbocycles. The minimum absolute atomic E-state index is 0.314. The quantitative estimate of drug-likeness (QED) is 0.698. The standard InChI is InChI=1S/C9H14N2O2/c1-13-6-8(12)4-7-5-11-3-2-9(7)10/h2-3,5,8,12H,4,6H2,1H3,(H2,10,11). The Hall–Kier alpha value is -1.13. The molecule has 0 spiro atoms. The normalized spacial score (nSPS) is 12.8. The highest BCUT2D eigenvalue weighted by molar-refractivity contribution is 5.44. The summed E-state index contributed by atoms with van der Waals surface area (Å²) in [7, 11) is 1.55.